The van der Waals surface area contributed by atoms with Gasteiger partial charge in [0.2, 0.25) is 15.9 Å². The molecule has 0 spiro atoms. The van der Waals surface area contributed by atoms with Crippen molar-refractivity contribution in [3.63, 3.8) is 0 Å². The minimum atomic E-state index is -4.70. The maximum Gasteiger partial charge on any atom is 0.416 e. The lowest BCUT2D eigenvalue weighted by molar-refractivity contribution is -0.137. The Bertz CT molecular complexity index is 1040. The third-order valence-electron chi connectivity index (χ3n) is 3.90. The van der Waals surface area contributed by atoms with Gasteiger partial charge in [-0.25, -0.2) is 13.1 Å². The van der Waals surface area contributed by atoms with Crippen LogP contribution in [0.4, 0.5) is 18.9 Å². The number of carbonyl (C=O) groups excluding carboxylic acids is 2. The molecule has 0 fully saturated rings. The van der Waals surface area contributed by atoms with Gasteiger partial charge in [0, 0.05) is 7.05 Å². The van der Waals surface area contributed by atoms with Gasteiger partial charge in [0.25, 0.3) is 5.91 Å². The highest BCUT2D eigenvalue weighted by Gasteiger charge is 2.31. The molecule has 29 heavy (non-hydrogen) atoms. The summed E-state index contributed by atoms with van der Waals surface area (Å²) in [5, 5.41) is 4.86. The number of anilines is 1. The molecule has 0 aromatic heterocycles. The largest absolute Gasteiger partial charge is 0.416 e. The first-order valence-electron chi connectivity index (χ1n) is 8.24. The van der Waals surface area contributed by atoms with Crippen molar-refractivity contribution in [2.24, 2.45) is 0 Å². The molecule has 11 heteroatoms. The minimum absolute atomic E-state index is 0.174. The highest BCUT2D eigenvalue weighted by atomic mass is 32.2. The van der Waals surface area contributed by atoms with Crippen LogP contribution >= 0.6 is 0 Å². The van der Waals surface area contributed by atoms with Crippen molar-refractivity contribution in [3.05, 3.63) is 59.2 Å². The Morgan fingerprint density at radius 2 is 1.72 bits per heavy atom. The van der Waals surface area contributed by atoms with E-state index in [1.54, 1.807) is 19.1 Å². The average Bonchev–Trinajstić information content (AvgIpc) is 2.65. The number of halogens is 3. The van der Waals surface area contributed by atoms with Gasteiger partial charge in [-0.15, -0.1) is 0 Å². The van der Waals surface area contributed by atoms with Crippen LogP contribution in [0.3, 0.4) is 0 Å². The Morgan fingerprint density at radius 3 is 2.34 bits per heavy atom. The third kappa shape index (κ3) is 5.55. The highest BCUT2D eigenvalue weighted by Crippen LogP contribution is 2.30. The van der Waals surface area contributed by atoms with Gasteiger partial charge in [-0.2, -0.15) is 13.2 Å². The van der Waals surface area contributed by atoms with Gasteiger partial charge in [-0.3, -0.25) is 9.59 Å². The zero-order chi connectivity index (χ0) is 21.8. The summed E-state index contributed by atoms with van der Waals surface area (Å²) in [6.45, 7) is 0.927. The summed E-state index contributed by atoms with van der Waals surface area (Å²) < 4.78 is 64.7. The number of rotatable bonds is 6. The van der Waals surface area contributed by atoms with E-state index in [1.807, 2.05) is 4.72 Å². The van der Waals surface area contributed by atoms with Crippen LogP contribution in [0.15, 0.2) is 47.4 Å². The lowest BCUT2D eigenvalue weighted by Gasteiger charge is -2.13. The number of benzene rings is 2. The number of amides is 2. The Balaban J connectivity index is 2.14. The van der Waals surface area contributed by atoms with E-state index in [-0.39, 0.29) is 11.3 Å². The summed E-state index contributed by atoms with van der Waals surface area (Å²) in [7, 11) is -2.94. The second kappa shape index (κ2) is 8.62. The van der Waals surface area contributed by atoms with Crippen LogP contribution in [0.5, 0.6) is 0 Å². The first-order chi connectivity index (χ1) is 13.5. The van der Waals surface area contributed by atoms with Gasteiger partial charge in [-0.05, 0) is 36.8 Å². The fourth-order valence-corrected chi connectivity index (χ4v) is 3.50. The fraction of sp³-hybridized carbons (Fsp3) is 0.222. The molecular formula is C18H18F3N3O4S. The molecule has 0 aliphatic heterocycles. The monoisotopic (exact) mass is 429 g/mol. The molecule has 0 aliphatic carbocycles. The number of hydrogen-bond acceptors (Lipinski definition) is 4. The molecule has 2 amide bonds. The second-order valence-corrected chi connectivity index (χ2v) is 7.74. The van der Waals surface area contributed by atoms with E-state index < -0.39 is 45.0 Å². The molecule has 3 N–H and O–H groups in total. The van der Waals surface area contributed by atoms with Crippen molar-refractivity contribution < 1.29 is 31.2 Å². The topological polar surface area (TPSA) is 104 Å². The maximum absolute atomic E-state index is 12.8. The Kier molecular flexibility index (Phi) is 6.65. The van der Waals surface area contributed by atoms with Crippen molar-refractivity contribution in [1.29, 1.82) is 0 Å². The molecule has 2 aromatic rings. The summed E-state index contributed by atoms with van der Waals surface area (Å²) in [6.07, 6.45) is -4.70. The number of sulfonamides is 1. The van der Waals surface area contributed by atoms with Crippen molar-refractivity contribution in [2.45, 2.75) is 18.0 Å². The van der Waals surface area contributed by atoms with Gasteiger partial charge >= 0.3 is 6.18 Å². The number of hydrogen-bond donors (Lipinski definition) is 3. The van der Waals surface area contributed by atoms with E-state index in [9.17, 15) is 31.2 Å². The second-order valence-electron chi connectivity index (χ2n) is 5.97. The zero-order valence-corrected chi connectivity index (χ0v) is 16.2. The average molecular weight is 429 g/mol. The summed E-state index contributed by atoms with van der Waals surface area (Å²) in [4.78, 5) is 23.5. The Morgan fingerprint density at radius 1 is 1.07 bits per heavy atom. The van der Waals surface area contributed by atoms with E-state index in [2.05, 4.69) is 10.6 Å². The van der Waals surface area contributed by atoms with Crippen LogP contribution < -0.4 is 15.4 Å². The van der Waals surface area contributed by atoms with Crippen molar-refractivity contribution in [2.75, 3.05) is 18.9 Å². The van der Waals surface area contributed by atoms with Crippen LogP contribution in [-0.4, -0.2) is 33.8 Å². The van der Waals surface area contributed by atoms with Crippen molar-refractivity contribution in [1.82, 2.24) is 10.0 Å². The van der Waals surface area contributed by atoms with Crippen LogP contribution in [-0.2, 0) is 21.0 Å². The summed E-state index contributed by atoms with van der Waals surface area (Å²) in [5.41, 5.74) is -0.150. The summed E-state index contributed by atoms with van der Waals surface area (Å²) in [6, 6.07) is 7.89. The standard InChI is InChI=1S/C18H18F3N3O4S/c1-11-5-3-8-14(16(11)17(26)22-2)24-15(25)10-23-29(27,28)13-7-4-6-12(9-13)18(19,20)21/h3-9,23H,10H2,1-2H3,(H,22,26)(H,24,25). The highest BCUT2D eigenvalue weighted by molar-refractivity contribution is 7.89. The fourth-order valence-electron chi connectivity index (χ4n) is 2.48. The molecule has 156 valence electrons. The predicted octanol–water partition coefficient (Wildman–Crippen LogP) is 2.29. The number of nitrogens with one attached hydrogen (secondary N) is 3. The lowest BCUT2D eigenvalue weighted by atomic mass is 10.1. The van der Waals surface area contributed by atoms with E-state index >= 15 is 0 Å². The number of alkyl halides is 3. The summed E-state index contributed by atoms with van der Waals surface area (Å²) in [5.74, 6) is -1.24. The molecule has 7 nitrogen and oxygen atoms in total. The molecule has 0 saturated carbocycles. The van der Waals surface area contributed by atoms with E-state index in [0.717, 1.165) is 18.2 Å². The number of aryl methyl sites for hydroxylation is 1. The van der Waals surface area contributed by atoms with Gasteiger partial charge in [-0.1, -0.05) is 18.2 Å². The predicted molar refractivity (Wildman–Crippen MR) is 99.8 cm³/mol. The van der Waals surface area contributed by atoms with E-state index in [1.165, 1.54) is 13.1 Å². The van der Waals surface area contributed by atoms with Crippen LogP contribution in [0.25, 0.3) is 0 Å². The van der Waals surface area contributed by atoms with Crippen LogP contribution in [0, 0.1) is 6.92 Å². The molecule has 0 heterocycles. The van der Waals surface area contributed by atoms with Crippen molar-refractivity contribution >= 4 is 27.5 Å². The molecule has 0 radical (unpaired) electrons. The smallest absolute Gasteiger partial charge is 0.355 e. The van der Waals surface area contributed by atoms with Crippen molar-refractivity contribution in [3.8, 4) is 0 Å². The van der Waals surface area contributed by atoms with E-state index in [4.69, 9.17) is 0 Å². The van der Waals surface area contributed by atoms with Crippen LogP contribution in [0.1, 0.15) is 21.5 Å². The molecule has 0 aliphatic rings. The molecule has 2 aromatic carbocycles. The van der Waals surface area contributed by atoms with Gasteiger partial charge in [0.1, 0.15) is 0 Å². The first-order valence-corrected chi connectivity index (χ1v) is 9.72. The van der Waals surface area contributed by atoms with E-state index in [0.29, 0.717) is 11.6 Å². The SMILES string of the molecule is CNC(=O)c1c(C)cccc1NC(=O)CNS(=O)(=O)c1cccc(C(F)(F)F)c1. The third-order valence-corrected chi connectivity index (χ3v) is 5.29. The Labute approximate surface area is 165 Å². The van der Waals surface area contributed by atoms with Crippen LogP contribution in [0.2, 0.25) is 0 Å². The molecule has 0 atom stereocenters. The lowest BCUT2D eigenvalue weighted by Crippen LogP contribution is -2.33. The Hall–Kier alpha value is -2.92. The maximum atomic E-state index is 12.8. The zero-order valence-electron chi connectivity index (χ0n) is 15.4. The molecule has 0 saturated heterocycles. The summed E-state index contributed by atoms with van der Waals surface area (Å²) >= 11 is 0. The first kappa shape index (κ1) is 22.4. The van der Waals surface area contributed by atoms with Gasteiger partial charge in [0.15, 0.2) is 0 Å². The molecule has 0 unspecified atom stereocenters. The minimum Gasteiger partial charge on any atom is -0.355 e. The quantitative estimate of drug-likeness (QED) is 0.655. The van der Waals surface area contributed by atoms with Gasteiger partial charge in [0.05, 0.1) is 28.3 Å². The molecule has 2 rings (SSSR count). The molecular weight excluding hydrogens is 411 g/mol. The van der Waals surface area contributed by atoms with Gasteiger partial charge < -0.3 is 10.6 Å². The molecule has 0 bridgehead atoms. The normalized spacial score (nSPS) is 11.8. The number of carbonyl (C=O) groups is 2.